The van der Waals surface area contributed by atoms with Crippen LogP contribution in [0, 0.1) is 6.92 Å². The summed E-state index contributed by atoms with van der Waals surface area (Å²) in [5.41, 5.74) is 1.62. The number of rotatable bonds is 9. The molecular formula is C16H24N2O3. The number of carboxylic acids is 1. The normalized spacial score (nSPS) is 12.4. The molecule has 5 nitrogen and oxygen atoms in total. The van der Waals surface area contributed by atoms with E-state index in [0.29, 0.717) is 12.1 Å². The molecule has 1 rings (SSSR count). The minimum absolute atomic E-state index is 0.165. The monoisotopic (exact) mass is 292 g/mol. The van der Waals surface area contributed by atoms with E-state index in [9.17, 15) is 9.59 Å². The molecule has 1 unspecified atom stereocenters. The van der Waals surface area contributed by atoms with Crippen LogP contribution in [0.1, 0.15) is 28.8 Å². The summed E-state index contributed by atoms with van der Waals surface area (Å²) in [5.74, 6) is -1.14. The maximum absolute atomic E-state index is 12.4. The molecule has 0 fully saturated rings. The van der Waals surface area contributed by atoms with E-state index in [2.05, 4.69) is 10.2 Å². The van der Waals surface area contributed by atoms with E-state index in [-0.39, 0.29) is 12.2 Å². The molecule has 0 bridgehead atoms. The van der Waals surface area contributed by atoms with Gasteiger partial charge in [0.1, 0.15) is 0 Å². The van der Waals surface area contributed by atoms with Crippen LogP contribution < -0.4 is 5.32 Å². The van der Waals surface area contributed by atoms with Crippen LogP contribution in [0.4, 0.5) is 0 Å². The highest BCUT2D eigenvalue weighted by molar-refractivity contribution is 6.01. The summed E-state index contributed by atoms with van der Waals surface area (Å²) in [6.45, 7) is 3.46. The van der Waals surface area contributed by atoms with E-state index in [0.717, 1.165) is 18.5 Å². The Bertz CT molecular complexity index is 469. The first-order chi connectivity index (χ1) is 9.90. The van der Waals surface area contributed by atoms with Crippen molar-refractivity contribution in [2.45, 2.75) is 25.8 Å². The van der Waals surface area contributed by atoms with Gasteiger partial charge in [-0.1, -0.05) is 29.8 Å². The number of aliphatic carboxylic acids is 1. The molecule has 0 aliphatic carbocycles. The summed E-state index contributed by atoms with van der Waals surface area (Å²) in [5, 5.41) is 12.0. The van der Waals surface area contributed by atoms with Crippen LogP contribution in [0.25, 0.3) is 0 Å². The number of benzene rings is 1. The lowest BCUT2D eigenvalue weighted by Gasteiger charge is -2.17. The van der Waals surface area contributed by atoms with Crippen molar-refractivity contribution < 1.29 is 14.7 Å². The second-order valence-corrected chi connectivity index (χ2v) is 5.49. The molecule has 21 heavy (non-hydrogen) atoms. The third kappa shape index (κ3) is 6.51. The number of hydrogen-bond donors (Lipinski definition) is 2. The first-order valence-electron chi connectivity index (χ1n) is 7.11. The summed E-state index contributed by atoms with van der Waals surface area (Å²) in [7, 11) is 3.96. The summed E-state index contributed by atoms with van der Waals surface area (Å²) >= 11 is 0. The summed E-state index contributed by atoms with van der Waals surface area (Å²) in [6, 6.07) is 6.53. The lowest BCUT2D eigenvalue weighted by Crippen LogP contribution is -2.39. The number of carbonyl (C=O) groups excluding carboxylic acids is 1. The van der Waals surface area contributed by atoms with Crippen LogP contribution in [0.5, 0.6) is 0 Å². The Labute approximate surface area is 126 Å². The molecule has 0 spiro atoms. The van der Waals surface area contributed by atoms with Crippen LogP contribution in [-0.4, -0.2) is 55.0 Å². The SMILES string of the molecule is Cc1ccc(C(=O)C(CC(=O)O)NCCCN(C)C)cc1. The van der Waals surface area contributed by atoms with E-state index in [1.807, 2.05) is 33.2 Å². The first-order valence-corrected chi connectivity index (χ1v) is 7.11. The van der Waals surface area contributed by atoms with Gasteiger partial charge in [-0.2, -0.15) is 0 Å². The maximum Gasteiger partial charge on any atom is 0.305 e. The lowest BCUT2D eigenvalue weighted by atomic mass is 10.0. The average molecular weight is 292 g/mol. The zero-order valence-electron chi connectivity index (χ0n) is 12.9. The predicted octanol–water partition coefficient (Wildman–Crippen LogP) is 1.56. The Hall–Kier alpha value is -1.72. The second-order valence-electron chi connectivity index (χ2n) is 5.49. The number of ketones is 1. The van der Waals surface area contributed by atoms with Gasteiger partial charge in [0.05, 0.1) is 12.5 Å². The molecule has 0 aliphatic rings. The molecular weight excluding hydrogens is 268 g/mol. The minimum atomic E-state index is -0.972. The van der Waals surface area contributed by atoms with Gasteiger partial charge >= 0.3 is 5.97 Å². The highest BCUT2D eigenvalue weighted by atomic mass is 16.4. The third-order valence-corrected chi connectivity index (χ3v) is 3.20. The fourth-order valence-corrected chi connectivity index (χ4v) is 2.02. The zero-order chi connectivity index (χ0) is 15.8. The van der Waals surface area contributed by atoms with Crippen molar-refractivity contribution in [3.8, 4) is 0 Å². The highest BCUT2D eigenvalue weighted by Crippen LogP contribution is 2.09. The smallest absolute Gasteiger partial charge is 0.305 e. The van der Waals surface area contributed by atoms with Crippen molar-refractivity contribution >= 4 is 11.8 Å². The van der Waals surface area contributed by atoms with Crippen LogP contribution >= 0.6 is 0 Å². The van der Waals surface area contributed by atoms with E-state index in [1.54, 1.807) is 12.1 Å². The lowest BCUT2D eigenvalue weighted by molar-refractivity contribution is -0.137. The minimum Gasteiger partial charge on any atom is -0.481 e. The number of carbonyl (C=O) groups is 2. The van der Waals surface area contributed by atoms with E-state index < -0.39 is 12.0 Å². The maximum atomic E-state index is 12.4. The van der Waals surface area contributed by atoms with Gasteiger partial charge < -0.3 is 15.3 Å². The Morgan fingerprint density at radius 2 is 1.86 bits per heavy atom. The first kappa shape index (κ1) is 17.3. The van der Waals surface area contributed by atoms with Gasteiger partial charge in [-0.05, 0) is 40.5 Å². The van der Waals surface area contributed by atoms with Crippen LogP contribution in [0.3, 0.4) is 0 Å². The van der Waals surface area contributed by atoms with Gasteiger partial charge in [0.25, 0.3) is 0 Å². The molecule has 2 N–H and O–H groups in total. The fraction of sp³-hybridized carbons (Fsp3) is 0.500. The van der Waals surface area contributed by atoms with Gasteiger partial charge in [-0.25, -0.2) is 0 Å². The third-order valence-electron chi connectivity index (χ3n) is 3.20. The molecule has 0 aromatic heterocycles. The Kier molecular flexibility index (Phi) is 7.05. The average Bonchev–Trinajstić information content (AvgIpc) is 2.41. The summed E-state index contributed by atoms with van der Waals surface area (Å²) in [4.78, 5) is 25.4. The highest BCUT2D eigenvalue weighted by Gasteiger charge is 2.22. The Balaban J connectivity index is 2.65. The number of aryl methyl sites for hydroxylation is 1. The quantitative estimate of drug-likeness (QED) is 0.534. The molecule has 1 atom stereocenters. The number of hydrogen-bond acceptors (Lipinski definition) is 4. The van der Waals surface area contributed by atoms with Crippen molar-refractivity contribution in [2.24, 2.45) is 0 Å². The zero-order valence-corrected chi connectivity index (χ0v) is 12.9. The van der Waals surface area contributed by atoms with Gasteiger partial charge in [0.15, 0.2) is 5.78 Å². The van der Waals surface area contributed by atoms with Crippen LogP contribution in [-0.2, 0) is 4.79 Å². The molecule has 5 heteroatoms. The molecule has 0 heterocycles. The van der Waals surface area contributed by atoms with Crippen molar-refractivity contribution in [2.75, 3.05) is 27.2 Å². The summed E-state index contributed by atoms with van der Waals surface area (Å²) in [6.07, 6.45) is 0.666. The molecule has 116 valence electrons. The summed E-state index contributed by atoms with van der Waals surface area (Å²) < 4.78 is 0. The fourth-order valence-electron chi connectivity index (χ4n) is 2.02. The molecule has 0 aliphatic heterocycles. The number of carboxylic acid groups (broad SMARTS) is 1. The van der Waals surface area contributed by atoms with Gasteiger partial charge in [0, 0.05) is 5.56 Å². The van der Waals surface area contributed by atoms with Gasteiger partial charge in [0.2, 0.25) is 0 Å². The largest absolute Gasteiger partial charge is 0.481 e. The number of Topliss-reactive ketones (excluding diaryl/α,β-unsaturated/α-hetero) is 1. The van der Waals surface area contributed by atoms with Crippen molar-refractivity contribution in [3.63, 3.8) is 0 Å². The molecule has 1 aromatic carbocycles. The topological polar surface area (TPSA) is 69.6 Å². The standard InChI is InChI=1S/C16H24N2O3/c1-12-5-7-13(8-6-12)16(21)14(11-15(19)20)17-9-4-10-18(2)3/h5-8,14,17H,4,9-11H2,1-3H3,(H,19,20). The molecule has 0 saturated heterocycles. The Morgan fingerprint density at radius 3 is 2.38 bits per heavy atom. The predicted molar refractivity (Wildman–Crippen MR) is 82.7 cm³/mol. The van der Waals surface area contributed by atoms with Crippen molar-refractivity contribution in [1.29, 1.82) is 0 Å². The van der Waals surface area contributed by atoms with E-state index in [1.165, 1.54) is 0 Å². The van der Waals surface area contributed by atoms with Crippen LogP contribution in [0.15, 0.2) is 24.3 Å². The van der Waals surface area contributed by atoms with Gasteiger partial charge in [-0.15, -0.1) is 0 Å². The van der Waals surface area contributed by atoms with Crippen molar-refractivity contribution in [1.82, 2.24) is 10.2 Å². The molecule has 1 aromatic rings. The van der Waals surface area contributed by atoms with Gasteiger partial charge in [-0.3, -0.25) is 9.59 Å². The van der Waals surface area contributed by atoms with Crippen molar-refractivity contribution in [3.05, 3.63) is 35.4 Å². The van der Waals surface area contributed by atoms with E-state index >= 15 is 0 Å². The molecule has 0 amide bonds. The second kappa shape index (κ2) is 8.54. The Morgan fingerprint density at radius 1 is 1.24 bits per heavy atom. The van der Waals surface area contributed by atoms with E-state index in [4.69, 9.17) is 5.11 Å². The molecule has 0 radical (unpaired) electrons. The number of nitrogens with zero attached hydrogens (tertiary/aromatic N) is 1. The van der Waals surface area contributed by atoms with Crippen LogP contribution in [0.2, 0.25) is 0 Å². The number of nitrogens with one attached hydrogen (secondary N) is 1. The molecule has 0 saturated carbocycles.